The van der Waals surface area contributed by atoms with Crippen molar-refractivity contribution in [3.8, 4) is 0 Å². The molecule has 0 aromatic rings. The highest BCUT2D eigenvalue weighted by atomic mass is 16.5. The van der Waals surface area contributed by atoms with Gasteiger partial charge in [-0.2, -0.15) is 0 Å². The minimum absolute atomic E-state index is 0.00474. The van der Waals surface area contributed by atoms with E-state index < -0.39 is 6.10 Å². The van der Waals surface area contributed by atoms with Gasteiger partial charge < -0.3 is 40.2 Å². The summed E-state index contributed by atoms with van der Waals surface area (Å²) < 4.78 is 25.3. The van der Waals surface area contributed by atoms with E-state index >= 15 is 0 Å². The fourth-order valence-electron chi connectivity index (χ4n) is 13.5. The van der Waals surface area contributed by atoms with E-state index in [9.17, 15) is 15.0 Å². The van der Waals surface area contributed by atoms with E-state index in [1.807, 2.05) is 7.11 Å². The van der Waals surface area contributed by atoms with Gasteiger partial charge in [-0.3, -0.25) is 4.79 Å². The van der Waals surface area contributed by atoms with Crippen LogP contribution in [0.1, 0.15) is 104 Å². The fraction of sp³-hybridized carbons (Fsp3) is 0.974. The average Bonchev–Trinajstić information content (AvgIpc) is 3.65. The van der Waals surface area contributed by atoms with Gasteiger partial charge in [0, 0.05) is 27.1 Å². The van der Waals surface area contributed by atoms with Crippen LogP contribution in [0, 0.1) is 64.6 Å². The molecular weight excluding hydrogens is 608 g/mol. The highest BCUT2D eigenvalue weighted by Gasteiger charge is 2.65. The number of fused-ring (bicyclic) bond motifs is 6. The smallest absolute Gasteiger partial charge is 0.302 e. The first-order valence-corrected chi connectivity index (χ1v) is 19.8. The second-order valence-electron chi connectivity index (χ2n) is 17.7. The van der Waals surface area contributed by atoms with Crippen molar-refractivity contribution in [3.05, 3.63) is 0 Å². The molecule has 274 valence electrons. The summed E-state index contributed by atoms with van der Waals surface area (Å²) in [6.45, 7) is 5.25. The van der Waals surface area contributed by atoms with Gasteiger partial charge in [0.2, 0.25) is 0 Å². The van der Waals surface area contributed by atoms with Gasteiger partial charge in [0.1, 0.15) is 0 Å². The van der Waals surface area contributed by atoms with Crippen molar-refractivity contribution in [2.75, 3.05) is 27.4 Å². The van der Waals surface area contributed by atoms with E-state index in [1.54, 1.807) is 7.11 Å². The van der Waals surface area contributed by atoms with E-state index in [1.165, 1.54) is 45.4 Å². The predicted molar refractivity (Wildman–Crippen MR) is 183 cm³/mol. The number of carbonyl (C=O) groups is 1. The molecule has 0 aromatic heterocycles. The third kappa shape index (κ3) is 6.65. The van der Waals surface area contributed by atoms with Gasteiger partial charge in [-0.05, 0) is 149 Å². The Morgan fingerprint density at radius 3 is 2.46 bits per heavy atom. The number of piperidine rings is 1. The normalized spacial score (nSPS) is 52.0. The maximum atomic E-state index is 12.2. The molecule has 0 radical (unpaired) electrons. The third-order valence-corrected chi connectivity index (χ3v) is 15.3. The van der Waals surface area contributed by atoms with Crippen molar-refractivity contribution in [1.29, 1.82) is 0 Å². The van der Waals surface area contributed by atoms with E-state index in [0.29, 0.717) is 54.0 Å². The summed E-state index contributed by atoms with van der Waals surface area (Å²) in [6.07, 6.45) is 14.4. The first-order valence-electron chi connectivity index (χ1n) is 19.8. The Morgan fingerprint density at radius 1 is 0.917 bits per heavy atom. The molecule has 14 unspecified atom stereocenters. The largest absolute Gasteiger partial charge is 0.465 e. The third-order valence-electron chi connectivity index (χ3n) is 15.3. The Kier molecular flexibility index (Phi) is 10.9. The summed E-state index contributed by atoms with van der Waals surface area (Å²) in [6, 6.07) is 0. The molecule has 0 aromatic carbocycles. The summed E-state index contributed by atoms with van der Waals surface area (Å²) in [7, 11) is 3.56. The van der Waals surface area contributed by atoms with Gasteiger partial charge in [-0.15, -0.1) is 0 Å². The van der Waals surface area contributed by atoms with Gasteiger partial charge in [0.05, 0.1) is 49.4 Å². The van der Waals surface area contributed by atoms with Crippen LogP contribution in [0.2, 0.25) is 0 Å². The minimum atomic E-state index is -0.435. The quantitative estimate of drug-likeness (QED) is 0.272. The first kappa shape index (κ1) is 35.6. The van der Waals surface area contributed by atoms with E-state index in [4.69, 9.17) is 24.7 Å². The molecule has 7 fully saturated rings. The molecule has 5 saturated carbocycles. The second-order valence-corrected chi connectivity index (χ2v) is 17.7. The van der Waals surface area contributed by atoms with Crippen LogP contribution >= 0.6 is 0 Å². The van der Waals surface area contributed by atoms with Gasteiger partial charge in [-0.25, -0.2) is 0 Å². The summed E-state index contributed by atoms with van der Waals surface area (Å²) in [5.74, 6) is 4.47. The zero-order valence-corrected chi connectivity index (χ0v) is 30.1. The first-order chi connectivity index (χ1) is 23.1. The van der Waals surface area contributed by atoms with E-state index in [0.717, 1.165) is 57.9 Å². The molecule has 0 amide bonds. The van der Waals surface area contributed by atoms with Gasteiger partial charge >= 0.3 is 5.97 Å². The van der Waals surface area contributed by atoms with Gasteiger partial charge in [0.25, 0.3) is 0 Å². The van der Waals surface area contributed by atoms with E-state index in [2.05, 4.69) is 12.2 Å². The highest BCUT2D eigenvalue weighted by molar-refractivity contribution is 5.65. The lowest BCUT2D eigenvalue weighted by Gasteiger charge is -2.61. The highest BCUT2D eigenvalue weighted by Crippen LogP contribution is 2.68. The number of carbonyl (C=O) groups excluding carboxylic acids is 1. The minimum Gasteiger partial charge on any atom is -0.465 e. The monoisotopic (exact) mass is 674 g/mol. The van der Waals surface area contributed by atoms with Crippen LogP contribution in [0.25, 0.3) is 0 Å². The van der Waals surface area contributed by atoms with Gasteiger partial charge in [-0.1, -0.05) is 13.3 Å². The number of methoxy groups -OCH3 is 2. The molecule has 2 saturated heterocycles. The Hall–Kier alpha value is -0.810. The molecule has 5 N–H and O–H groups in total. The number of hydrogen-bond donors (Lipinski definition) is 4. The standard InChI is InChI=1S/C39H66N2O7/c1-5-24-13-23(19-41-38(24)40)12-22-10-11-39(17-22)18-26-14-27(43)16-33(46-4)34(26)29-8-7-28-30(20-47-21(2)42)36(48-37(28)35(29)39)25-6-9-31(44)32(15-25)45-3/h22-38,41,43-44H,5-20,40H2,1-4H3/t22-,23?,24?,25?,26?,27?,28?,29?,30+,31?,32?,33?,34?,35?,36-,37?,38?,39+/m1/s1. The lowest BCUT2D eigenvalue weighted by Crippen LogP contribution is -2.59. The van der Waals surface area contributed by atoms with Crippen molar-refractivity contribution in [1.82, 2.24) is 5.32 Å². The van der Waals surface area contributed by atoms with Crippen molar-refractivity contribution >= 4 is 5.97 Å². The number of ether oxygens (including phenoxy) is 4. The maximum absolute atomic E-state index is 12.2. The zero-order valence-electron chi connectivity index (χ0n) is 30.1. The Balaban J connectivity index is 1.18. The molecule has 7 rings (SSSR count). The van der Waals surface area contributed by atoms with Crippen LogP contribution in [-0.4, -0.2) is 86.3 Å². The molecular formula is C39H66N2O7. The predicted octanol–water partition coefficient (Wildman–Crippen LogP) is 4.65. The average molecular weight is 675 g/mol. The number of hydrogen-bond acceptors (Lipinski definition) is 9. The molecule has 2 aliphatic heterocycles. The van der Waals surface area contributed by atoms with Crippen LogP contribution in [0.15, 0.2) is 0 Å². The van der Waals surface area contributed by atoms with Crippen molar-refractivity contribution in [2.24, 2.45) is 70.3 Å². The number of esters is 1. The van der Waals surface area contributed by atoms with Crippen LogP contribution in [0.5, 0.6) is 0 Å². The summed E-state index contributed by atoms with van der Waals surface area (Å²) in [5, 5.41) is 25.3. The number of rotatable bonds is 8. The Labute approximate surface area is 289 Å². The lowest BCUT2D eigenvalue weighted by atomic mass is 9.45. The Bertz CT molecular complexity index is 1110. The summed E-state index contributed by atoms with van der Waals surface area (Å²) in [5.41, 5.74) is 6.63. The van der Waals surface area contributed by atoms with Crippen LogP contribution in [0.4, 0.5) is 0 Å². The van der Waals surface area contributed by atoms with Gasteiger partial charge in [0.15, 0.2) is 0 Å². The maximum Gasteiger partial charge on any atom is 0.302 e. The number of aliphatic hydroxyl groups is 2. The van der Waals surface area contributed by atoms with Crippen LogP contribution < -0.4 is 11.1 Å². The lowest BCUT2D eigenvalue weighted by molar-refractivity contribution is -0.191. The Morgan fingerprint density at radius 2 is 1.71 bits per heavy atom. The molecule has 2 heterocycles. The van der Waals surface area contributed by atoms with Crippen molar-refractivity contribution < 1.29 is 34.0 Å². The van der Waals surface area contributed by atoms with Crippen LogP contribution in [-0.2, 0) is 23.7 Å². The SMILES string of the molecule is CCC1CC(C[C@H]2CC[C@@]3(CC4CC(O)CC(OC)C4C4CCC5C(O[C@H](C6CCC(O)C(OC)C6)[C@H]5COC(C)=O)C43)C2)CNC1N. The molecule has 9 nitrogen and oxygen atoms in total. The topological polar surface area (TPSA) is 133 Å². The molecule has 7 aliphatic rings. The van der Waals surface area contributed by atoms with E-state index in [-0.39, 0.29) is 59.9 Å². The molecule has 0 bridgehead atoms. The fourth-order valence-corrected chi connectivity index (χ4v) is 13.5. The second kappa shape index (κ2) is 14.7. The molecule has 1 spiro atoms. The molecule has 18 atom stereocenters. The summed E-state index contributed by atoms with van der Waals surface area (Å²) in [4.78, 5) is 12.2. The summed E-state index contributed by atoms with van der Waals surface area (Å²) >= 11 is 0. The molecule has 5 aliphatic carbocycles. The number of nitrogens with one attached hydrogen (secondary N) is 1. The van der Waals surface area contributed by atoms with Crippen molar-refractivity contribution in [3.63, 3.8) is 0 Å². The molecule has 48 heavy (non-hydrogen) atoms. The zero-order chi connectivity index (χ0) is 33.7. The van der Waals surface area contributed by atoms with Crippen LogP contribution in [0.3, 0.4) is 0 Å². The molecule has 9 heteroatoms. The number of aliphatic hydroxyl groups excluding tert-OH is 2. The number of nitrogens with two attached hydrogens (primary N) is 1. The van der Waals surface area contributed by atoms with Crippen molar-refractivity contribution in [2.45, 2.75) is 147 Å².